The topological polar surface area (TPSA) is 52.6 Å². The second-order valence-electron chi connectivity index (χ2n) is 6.78. The first-order valence-corrected chi connectivity index (χ1v) is 8.55. The molecule has 1 aromatic carbocycles. The van der Waals surface area contributed by atoms with Crippen LogP contribution >= 0.6 is 0 Å². The van der Waals surface area contributed by atoms with Crippen molar-refractivity contribution in [2.75, 3.05) is 19.6 Å². The van der Waals surface area contributed by atoms with E-state index in [-0.39, 0.29) is 18.4 Å². The van der Waals surface area contributed by atoms with E-state index in [1.807, 2.05) is 0 Å². The van der Waals surface area contributed by atoms with Crippen LogP contribution < -0.4 is 5.32 Å². The normalized spacial score (nSPS) is 18.4. The monoisotopic (exact) mass is 358 g/mol. The summed E-state index contributed by atoms with van der Waals surface area (Å²) >= 11 is 0. The van der Waals surface area contributed by atoms with Crippen LogP contribution in [0.1, 0.15) is 43.9 Å². The summed E-state index contributed by atoms with van der Waals surface area (Å²) in [5, 5.41) is 12.8. The number of benzene rings is 1. The first-order valence-electron chi connectivity index (χ1n) is 8.55. The highest BCUT2D eigenvalue weighted by atomic mass is 19.4. The molecule has 7 heteroatoms. The van der Waals surface area contributed by atoms with Gasteiger partial charge < -0.3 is 15.3 Å². The van der Waals surface area contributed by atoms with Gasteiger partial charge in [-0.3, -0.25) is 4.79 Å². The molecule has 0 bridgehead atoms. The van der Waals surface area contributed by atoms with E-state index in [0.29, 0.717) is 11.6 Å². The third-order valence-electron chi connectivity index (χ3n) is 4.72. The molecule has 0 aromatic heterocycles. The van der Waals surface area contributed by atoms with Crippen LogP contribution in [0.5, 0.6) is 0 Å². The summed E-state index contributed by atoms with van der Waals surface area (Å²) in [6.07, 6.45) is -3.87. The van der Waals surface area contributed by atoms with Crippen molar-refractivity contribution in [3.63, 3.8) is 0 Å². The maximum absolute atomic E-state index is 12.5. The molecular weight excluding hydrogens is 333 g/mol. The number of carbonyl (C=O) groups excluding carboxylic acids is 1. The zero-order valence-electron chi connectivity index (χ0n) is 14.5. The Balaban J connectivity index is 1.81. The van der Waals surface area contributed by atoms with E-state index < -0.39 is 17.8 Å². The van der Waals surface area contributed by atoms with Gasteiger partial charge >= 0.3 is 6.18 Å². The standard InChI is InChI=1S/C18H25F3N2O2/c1-12(2)23-9-7-14(8-10-23)17(25)22-11-16(24)13-3-5-15(6-4-13)18(19,20)21/h3-6,12,14,16,24H,7-11H2,1-2H3,(H,22,25)/t16-/m1/s1. The molecule has 0 radical (unpaired) electrons. The average molecular weight is 358 g/mol. The second-order valence-corrected chi connectivity index (χ2v) is 6.78. The second kappa shape index (κ2) is 8.19. The van der Waals surface area contributed by atoms with Gasteiger partial charge in [-0.2, -0.15) is 13.2 Å². The molecular formula is C18H25F3N2O2. The fourth-order valence-electron chi connectivity index (χ4n) is 3.03. The minimum absolute atomic E-state index is 0.00536. The summed E-state index contributed by atoms with van der Waals surface area (Å²) in [6.45, 7) is 5.99. The number of hydrogen-bond acceptors (Lipinski definition) is 3. The Labute approximate surface area is 146 Å². The molecule has 1 aliphatic heterocycles. The number of amides is 1. The fraction of sp³-hybridized carbons (Fsp3) is 0.611. The molecule has 1 aromatic rings. The molecule has 0 saturated carbocycles. The van der Waals surface area contributed by atoms with Gasteiger partial charge in [0.1, 0.15) is 0 Å². The molecule has 4 nitrogen and oxygen atoms in total. The number of likely N-dealkylation sites (tertiary alicyclic amines) is 1. The van der Waals surface area contributed by atoms with E-state index >= 15 is 0 Å². The van der Waals surface area contributed by atoms with Crippen molar-refractivity contribution in [3.8, 4) is 0 Å². The van der Waals surface area contributed by atoms with Crippen molar-refractivity contribution < 1.29 is 23.1 Å². The molecule has 1 fully saturated rings. The molecule has 1 saturated heterocycles. The molecule has 1 heterocycles. The molecule has 1 aliphatic rings. The minimum Gasteiger partial charge on any atom is -0.387 e. The van der Waals surface area contributed by atoms with Crippen LogP contribution in [0.2, 0.25) is 0 Å². The number of hydrogen-bond donors (Lipinski definition) is 2. The van der Waals surface area contributed by atoms with E-state index in [9.17, 15) is 23.1 Å². The van der Waals surface area contributed by atoms with Crippen molar-refractivity contribution in [2.45, 2.75) is 45.0 Å². The van der Waals surface area contributed by atoms with Crippen LogP contribution in [0.3, 0.4) is 0 Å². The molecule has 25 heavy (non-hydrogen) atoms. The number of piperidine rings is 1. The SMILES string of the molecule is CC(C)N1CCC(C(=O)NC[C@@H](O)c2ccc(C(F)(F)F)cc2)CC1. The molecule has 1 amide bonds. The van der Waals surface area contributed by atoms with Crippen LogP contribution in [0.4, 0.5) is 13.2 Å². The molecule has 2 N–H and O–H groups in total. The predicted octanol–water partition coefficient (Wildman–Crippen LogP) is 2.98. The number of nitrogens with zero attached hydrogens (tertiary/aromatic N) is 1. The number of alkyl halides is 3. The number of aliphatic hydroxyl groups excluding tert-OH is 1. The van der Waals surface area contributed by atoms with E-state index in [2.05, 4.69) is 24.1 Å². The van der Waals surface area contributed by atoms with Gasteiger partial charge in [0.25, 0.3) is 0 Å². The number of carbonyl (C=O) groups is 1. The van der Waals surface area contributed by atoms with Gasteiger partial charge in [0, 0.05) is 18.5 Å². The van der Waals surface area contributed by atoms with Gasteiger partial charge in [-0.25, -0.2) is 0 Å². The van der Waals surface area contributed by atoms with Gasteiger partial charge in [-0.15, -0.1) is 0 Å². The molecule has 1 atom stereocenters. The van der Waals surface area contributed by atoms with Crippen LogP contribution in [-0.2, 0) is 11.0 Å². The Kier molecular flexibility index (Phi) is 6.46. The molecule has 140 valence electrons. The van der Waals surface area contributed by atoms with Crippen molar-refractivity contribution in [3.05, 3.63) is 35.4 Å². The molecule has 0 spiro atoms. The Bertz CT molecular complexity index is 565. The zero-order valence-corrected chi connectivity index (χ0v) is 14.5. The highest BCUT2D eigenvalue weighted by molar-refractivity contribution is 5.78. The summed E-state index contributed by atoms with van der Waals surface area (Å²) in [4.78, 5) is 14.5. The summed E-state index contributed by atoms with van der Waals surface area (Å²) in [5.74, 6) is -0.177. The summed E-state index contributed by atoms with van der Waals surface area (Å²) in [6, 6.07) is 4.80. The van der Waals surface area contributed by atoms with Crippen molar-refractivity contribution in [1.82, 2.24) is 10.2 Å². The number of rotatable bonds is 5. The van der Waals surface area contributed by atoms with Crippen LogP contribution in [-0.4, -0.2) is 41.6 Å². The summed E-state index contributed by atoms with van der Waals surface area (Å²) in [5.41, 5.74) is -0.410. The first kappa shape index (κ1) is 19.7. The van der Waals surface area contributed by atoms with Gasteiger partial charge in [-0.05, 0) is 57.5 Å². The van der Waals surface area contributed by atoms with Gasteiger partial charge in [0.2, 0.25) is 5.91 Å². The zero-order chi connectivity index (χ0) is 18.6. The summed E-state index contributed by atoms with van der Waals surface area (Å²) < 4.78 is 37.6. The third kappa shape index (κ3) is 5.44. The number of nitrogens with one attached hydrogen (secondary N) is 1. The Morgan fingerprint density at radius 3 is 2.28 bits per heavy atom. The lowest BCUT2D eigenvalue weighted by Crippen LogP contribution is -2.43. The van der Waals surface area contributed by atoms with Crippen molar-refractivity contribution in [1.29, 1.82) is 0 Å². The summed E-state index contributed by atoms with van der Waals surface area (Å²) in [7, 11) is 0. The van der Waals surface area contributed by atoms with Gasteiger partial charge in [0.05, 0.1) is 11.7 Å². The first-order chi connectivity index (χ1) is 11.7. The predicted molar refractivity (Wildman–Crippen MR) is 88.8 cm³/mol. The van der Waals surface area contributed by atoms with E-state index in [4.69, 9.17) is 0 Å². The molecule has 0 unspecified atom stereocenters. The van der Waals surface area contributed by atoms with E-state index in [1.54, 1.807) is 0 Å². The molecule has 2 rings (SSSR count). The third-order valence-corrected chi connectivity index (χ3v) is 4.72. The van der Waals surface area contributed by atoms with E-state index in [1.165, 1.54) is 12.1 Å². The fourth-order valence-corrected chi connectivity index (χ4v) is 3.03. The average Bonchev–Trinajstić information content (AvgIpc) is 2.58. The maximum atomic E-state index is 12.5. The highest BCUT2D eigenvalue weighted by Gasteiger charge is 2.30. The quantitative estimate of drug-likeness (QED) is 0.851. The van der Waals surface area contributed by atoms with Crippen LogP contribution in [0, 0.1) is 5.92 Å². The van der Waals surface area contributed by atoms with Gasteiger partial charge in [-0.1, -0.05) is 12.1 Å². The molecule has 0 aliphatic carbocycles. The van der Waals surface area contributed by atoms with Crippen molar-refractivity contribution in [2.24, 2.45) is 5.92 Å². The smallest absolute Gasteiger partial charge is 0.387 e. The Morgan fingerprint density at radius 2 is 1.80 bits per heavy atom. The van der Waals surface area contributed by atoms with E-state index in [0.717, 1.165) is 38.1 Å². The van der Waals surface area contributed by atoms with Crippen LogP contribution in [0.15, 0.2) is 24.3 Å². The Hall–Kier alpha value is -1.60. The lowest BCUT2D eigenvalue weighted by atomic mass is 9.95. The van der Waals surface area contributed by atoms with Gasteiger partial charge in [0.15, 0.2) is 0 Å². The highest BCUT2D eigenvalue weighted by Crippen LogP contribution is 2.29. The van der Waals surface area contributed by atoms with Crippen LogP contribution in [0.25, 0.3) is 0 Å². The maximum Gasteiger partial charge on any atom is 0.416 e. The minimum atomic E-state index is -4.40. The number of halogens is 3. The Morgan fingerprint density at radius 1 is 1.24 bits per heavy atom. The largest absolute Gasteiger partial charge is 0.416 e. The lowest BCUT2D eigenvalue weighted by Gasteiger charge is -2.34. The number of aliphatic hydroxyl groups is 1. The van der Waals surface area contributed by atoms with Crippen molar-refractivity contribution >= 4 is 5.91 Å². The lowest BCUT2D eigenvalue weighted by molar-refractivity contribution is -0.137.